The molecule has 2 rings (SSSR count). The second-order valence-corrected chi connectivity index (χ2v) is 5.37. The molecule has 2 aromatic rings. The molecule has 100 valence electrons. The van der Waals surface area contributed by atoms with E-state index in [1.807, 2.05) is 43.3 Å². The lowest BCUT2D eigenvalue weighted by Crippen LogP contribution is -2.02. The molecule has 0 saturated heterocycles. The van der Waals surface area contributed by atoms with Crippen LogP contribution in [-0.2, 0) is 13.2 Å². The average molecular weight is 321 g/mol. The molecule has 4 heteroatoms. The fourth-order valence-corrected chi connectivity index (χ4v) is 2.37. The van der Waals surface area contributed by atoms with E-state index < -0.39 is 0 Å². The molecule has 0 atom stereocenters. The number of anilines is 2. The van der Waals surface area contributed by atoms with Gasteiger partial charge in [-0.1, -0.05) is 24.3 Å². The molecule has 0 unspecified atom stereocenters. The van der Waals surface area contributed by atoms with Gasteiger partial charge in [0.2, 0.25) is 0 Å². The van der Waals surface area contributed by atoms with Crippen molar-refractivity contribution in [3.63, 3.8) is 0 Å². The third kappa shape index (κ3) is 3.49. The molecule has 0 aromatic heterocycles. The molecule has 0 radical (unpaired) electrons. The van der Waals surface area contributed by atoms with E-state index >= 15 is 0 Å². The molecule has 3 nitrogen and oxygen atoms in total. The van der Waals surface area contributed by atoms with Crippen LogP contribution in [0.4, 0.5) is 11.4 Å². The minimum absolute atomic E-state index is 0.0680. The summed E-state index contributed by atoms with van der Waals surface area (Å²) in [5.41, 5.74) is 10.7. The number of nitrogen functional groups attached to an aromatic ring is 1. The number of aryl methyl sites for hydroxylation is 1. The predicted molar refractivity (Wildman–Crippen MR) is 83.0 cm³/mol. The third-order valence-electron chi connectivity index (χ3n) is 3.01. The summed E-state index contributed by atoms with van der Waals surface area (Å²) in [6, 6.07) is 11.8. The van der Waals surface area contributed by atoms with Gasteiger partial charge in [-0.25, -0.2) is 0 Å². The summed E-state index contributed by atoms with van der Waals surface area (Å²) in [7, 11) is 0. The van der Waals surface area contributed by atoms with E-state index in [1.165, 1.54) is 0 Å². The van der Waals surface area contributed by atoms with Gasteiger partial charge in [0.25, 0.3) is 0 Å². The van der Waals surface area contributed by atoms with Gasteiger partial charge in [0, 0.05) is 22.4 Å². The molecule has 0 aliphatic heterocycles. The van der Waals surface area contributed by atoms with Crippen molar-refractivity contribution in [1.29, 1.82) is 0 Å². The molecule has 0 bridgehead atoms. The molecule has 0 aliphatic carbocycles. The van der Waals surface area contributed by atoms with Crippen LogP contribution in [0.5, 0.6) is 0 Å². The maximum atomic E-state index is 9.12. The third-order valence-corrected chi connectivity index (χ3v) is 3.67. The van der Waals surface area contributed by atoms with Gasteiger partial charge in [0.15, 0.2) is 0 Å². The molecule has 0 spiro atoms. The normalized spacial score (nSPS) is 10.5. The van der Waals surface area contributed by atoms with Crippen LogP contribution < -0.4 is 11.1 Å². The number of nitrogens with two attached hydrogens (primary N) is 1. The van der Waals surface area contributed by atoms with E-state index in [9.17, 15) is 0 Å². The zero-order valence-electron chi connectivity index (χ0n) is 10.8. The van der Waals surface area contributed by atoms with Gasteiger partial charge in [-0.05, 0) is 51.7 Å². The van der Waals surface area contributed by atoms with Crippen molar-refractivity contribution in [3.05, 3.63) is 57.6 Å². The first-order valence-corrected chi connectivity index (χ1v) is 6.87. The quantitative estimate of drug-likeness (QED) is 0.756. The van der Waals surface area contributed by atoms with Gasteiger partial charge in [0.05, 0.1) is 6.61 Å². The number of benzene rings is 2. The Balaban J connectivity index is 2.12. The lowest BCUT2D eigenvalue weighted by Gasteiger charge is -2.12. The average Bonchev–Trinajstić information content (AvgIpc) is 2.41. The zero-order chi connectivity index (χ0) is 13.8. The number of hydrogen-bond donors (Lipinski definition) is 3. The van der Waals surface area contributed by atoms with E-state index in [4.69, 9.17) is 10.8 Å². The lowest BCUT2D eigenvalue weighted by atomic mass is 10.1. The van der Waals surface area contributed by atoms with Gasteiger partial charge in [-0.3, -0.25) is 0 Å². The highest BCUT2D eigenvalue weighted by Crippen LogP contribution is 2.28. The van der Waals surface area contributed by atoms with Crippen molar-refractivity contribution >= 4 is 27.3 Å². The molecule has 0 fully saturated rings. The molecule has 0 heterocycles. The smallest absolute Gasteiger partial charge is 0.0681 e. The first kappa shape index (κ1) is 13.9. The van der Waals surface area contributed by atoms with Crippen LogP contribution in [-0.4, -0.2) is 5.11 Å². The highest BCUT2D eigenvalue weighted by molar-refractivity contribution is 9.10. The Morgan fingerprint density at radius 1 is 1.21 bits per heavy atom. The van der Waals surface area contributed by atoms with Crippen LogP contribution in [0.3, 0.4) is 0 Å². The van der Waals surface area contributed by atoms with Crippen molar-refractivity contribution in [2.24, 2.45) is 0 Å². The minimum Gasteiger partial charge on any atom is -0.398 e. The second kappa shape index (κ2) is 6.08. The van der Waals surface area contributed by atoms with Gasteiger partial charge >= 0.3 is 0 Å². The van der Waals surface area contributed by atoms with E-state index in [-0.39, 0.29) is 6.61 Å². The van der Waals surface area contributed by atoms with E-state index in [0.29, 0.717) is 6.54 Å². The number of nitrogens with one attached hydrogen (secondary N) is 1. The Labute approximate surface area is 121 Å². The Kier molecular flexibility index (Phi) is 4.45. The topological polar surface area (TPSA) is 58.3 Å². The maximum absolute atomic E-state index is 9.12. The standard InChI is InChI=1S/C15H17BrN2O/c1-10-5-15(13(16)7-14(10)17)18-8-11-3-2-4-12(6-11)9-19/h2-7,18-19H,8-9,17H2,1H3. The Hall–Kier alpha value is -1.52. The van der Waals surface area contributed by atoms with Crippen LogP contribution in [0.25, 0.3) is 0 Å². The van der Waals surface area contributed by atoms with Crippen molar-refractivity contribution < 1.29 is 5.11 Å². The molecule has 2 aromatic carbocycles. The first-order valence-electron chi connectivity index (χ1n) is 6.08. The van der Waals surface area contributed by atoms with E-state index in [0.717, 1.165) is 32.5 Å². The summed E-state index contributed by atoms with van der Waals surface area (Å²) < 4.78 is 0.953. The molecular weight excluding hydrogens is 304 g/mol. The van der Waals surface area contributed by atoms with Crippen molar-refractivity contribution in [2.45, 2.75) is 20.1 Å². The molecule has 0 saturated carbocycles. The van der Waals surface area contributed by atoms with Crippen molar-refractivity contribution in [3.8, 4) is 0 Å². The summed E-state index contributed by atoms with van der Waals surface area (Å²) in [6.45, 7) is 2.76. The predicted octanol–water partition coefficient (Wildman–Crippen LogP) is 3.44. The number of aliphatic hydroxyl groups is 1. The van der Waals surface area contributed by atoms with Gasteiger partial charge < -0.3 is 16.2 Å². The summed E-state index contributed by atoms with van der Waals surface area (Å²) >= 11 is 3.50. The molecule has 0 amide bonds. The Bertz CT molecular complexity index is 584. The molecular formula is C15H17BrN2O. The Morgan fingerprint density at radius 2 is 1.95 bits per heavy atom. The van der Waals surface area contributed by atoms with Crippen LogP contribution >= 0.6 is 15.9 Å². The monoisotopic (exact) mass is 320 g/mol. The van der Waals surface area contributed by atoms with Crippen LogP contribution in [0.1, 0.15) is 16.7 Å². The fraction of sp³-hybridized carbons (Fsp3) is 0.200. The summed E-state index contributed by atoms with van der Waals surface area (Å²) in [5, 5.41) is 12.5. The number of halogens is 1. The van der Waals surface area contributed by atoms with Gasteiger partial charge in [-0.2, -0.15) is 0 Å². The summed E-state index contributed by atoms with van der Waals surface area (Å²) in [4.78, 5) is 0. The summed E-state index contributed by atoms with van der Waals surface area (Å²) in [5.74, 6) is 0. The number of aliphatic hydroxyl groups excluding tert-OH is 1. The van der Waals surface area contributed by atoms with Crippen molar-refractivity contribution in [1.82, 2.24) is 0 Å². The lowest BCUT2D eigenvalue weighted by molar-refractivity contribution is 0.281. The second-order valence-electron chi connectivity index (χ2n) is 4.52. The molecule has 4 N–H and O–H groups in total. The van der Waals surface area contributed by atoms with Crippen LogP contribution in [0.15, 0.2) is 40.9 Å². The zero-order valence-corrected chi connectivity index (χ0v) is 12.4. The molecule has 19 heavy (non-hydrogen) atoms. The van der Waals surface area contributed by atoms with E-state index in [2.05, 4.69) is 21.2 Å². The Morgan fingerprint density at radius 3 is 2.68 bits per heavy atom. The van der Waals surface area contributed by atoms with Crippen LogP contribution in [0, 0.1) is 6.92 Å². The fourth-order valence-electron chi connectivity index (χ4n) is 1.87. The van der Waals surface area contributed by atoms with Crippen molar-refractivity contribution in [2.75, 3.05) is 11.1 Å². The number of rotatable bonds is 4. The number of hydrogen-bond acceptors (Lipinski definition) is 3. The summed E-state index contributed by atoms with van der Waals surface area (Å²) in [6.07, 6.45) is 0. The molecule has 0 aliphatic rings. The van der Waals surface area contributed by atoms with Crippen LogP contribution in [0.2, 0.25) is 0 Å². The minimum atomic E-state index is 0.0680. The maximum Gasteiger partial charge on any atom is 0.0681 e. The largest absolute Gasteiger partial charge is 0.398 e. The van der Waals surface area contributed by atoms with Gasteiger partial charge in [-0.15, -0.1) is 0 Å². The highest BCUT2D eigenvalue weighted by Gasteiger charge is 2.03. The highest BCUT2D eigenvalue weighted by atomic mass is 79.9. The van der Waals surface area contributed by atoms with E-state index in [1.54, 1.807) is 0 Å². The van der Waals surface area contributed by atoms with Gasteiger partial charge in [0.1, 0.15) is 0 Å². The first-order chi connectivity index (χ1) is 9.10. The SMILES string of the molecule is Cc1cc(NCc2cccc(CO)c2)c(Br)cc1N.